The summed E-state index contributed by atoms with van der Waals surface area (Å²) >= 11 is 0. The zero-order valence-corrected chi connectivity index (χ0v) is 14.2. The van der Waals surface area contributed by atoms with Gasteiger partial charge in [0.1, 0.15) is 0 Å². The lowest BCUT2D eigenvalue weighted by molar-refractivity contribution is -0.0868. The zero-order chi connectivity index (χ0) is 15.0. The van der Waals surface area contributed by atoms with Crippen molar-refractivity contribution in [3.63, 3.8) is 0 Å². The molecule has 1 aromatic heterocycles. The van der Waals surface area contributed by atoms with Crippen molar-refractivity contribution in [3.05, 3.63) is 34.7 Å². The van der Waals surface area contributed by atoms with Crippen molar-refractivity contribution >= 4 is 33.0 Å². The number of thiophene rings is 1. The van der Waals surface area contributed by atoms with Crippen LogP contribution in [0.1, 0.15) is 54.9 Å². The third kappa shape index (κ3) is 3.43. The lowest BCUT2D eigenvalue weighted by Crippen LogP contribution is -2.02. The third-order valence-electron chi connectivity index (χ3n) is 4.41. The van der Waals surface area contributed by atoms with E-state index in [-0.39, 0.29) is 18.3 Å². The van der Waals surface area contributed by atoms with Gasteiger partial charge < -0.3 is 0 Å². The first-order valence-electron chi connectivity index (χ1n) is 7.60. The van der Waals surface area contributed by atoms with E-state index in [0.717, 1.165) is 49.5 Å². The van der Waals surface area contributed by atoms with Crippen molar-refractivity contribution in [2.45, 2.75) is 56.9 Å². The molecule has 2 aromatic rings. The molecule has 1 saturated carbocycles. The number of aryl methyl sites for hydroxylation is 1. The summed E-state index contributed by atoms with van der Waals surface area (Å²) in [6, 6.07) is 7.32. The van der Waals surface area contributed by atoms with Crippen molar-refractivity contribution in [1.29, 1.82) is 0 Å². The molecular weight excluding hydrogens is 329 g/mol. The van der Waals surface area contributed by atoms with E-state index >= 15 is 0 Å². The summed E-state index contributed by atoms with van der Waals surface area (Å²) in [5, 5.41) is 0.778. The Bertz CT molecular complexity index is 637. The Hall–Kier alpha value is -0.740. The number of hydrogen-bond donors (Lipinski definition) is 0. The molecule has 0 radical (unpaired) electrons. The van der Waals surface area contributed by atoms with Gasteiger partial charge in [-0.05, 0) is 31.4 Å². The molecule has 1 aliphatic rings. The van der Waals surface area contributed by atoms with Gasteiger partial charge in [-0.2, -0.15) is 0 Å². The summed E-state index contributed by atoms with van der Waals surface area (Å²) < 4.78 is 41.4. The molecule has 0 nitrogen and oxygen atoms in total. The van der Waals surface area contributed by atoms with E-state index in [4.69, 9.17) is 0 Å². The normalized spacial score (nSPS) is 18.1. The molecule has 22 heavy (non-hydrogen) atoms. The van der Waals surface area contributed by atoms with E-state index in [1.165, 1.54) is 0 Å². The fourth-order valence-corrected chi connectivity index (χ4v) is 5.63. The van der Waals surface area contributed by atoms with Crippen molar-refractivity contribution < 1.29 is 13.2 Å². The van der Waals surface area contributed by atoms with Crippen LogP contribution in [-0.4, -0.2) is 0 Å². The van der Waals surface area contributed by atoms with Crippen LogP contribution in [0.2, 0.25) is 0 Å². The second-order valence-corrected chi connectivity index (χ2v) is 8.01. The fourth-order valence-electron chi connectivity index (χ4n) is 3.38. The molecule has 3 rings (SSSR count). The van der Waals surface area contributed by atoms with E-state index in [9.17, 15) is 13.2 Å². The molecule has 1 aliphatic carbocycles. The van der Waals surface area contributed by atoms with Crippen molar-refractivity contribution in [2.75, 3.05) is 0 Å². The summed E-state index contributed by atoms with van der Waals surface area (Å²) in [5.74, 6) is 0.116. The van der Waals surface area contributed by atoms with Gasteiger partial charge >= 0.3 is 5.51 Å². The lowest BCUT2D eigenvalue weighted by atomic mass is 9.98. The van der Waals surface area contributed by atoms with Gasteiger partial charge in [-0.15, -0.1) is 25.6 Å². The van der Waals surface area contributed by atoms with Gasteiger partial charge in [0.15, 0.2) is 9.58 Å². The Labute approximate surface area is 138 Å². The van der Waals surface area contributed by atoms with Crippen LogP contribution in [-0.2, 0) is 5.51 Å². The highest BCUT2D eigenvalue weighted by Gasteiger charge is 2.49. The van der Waals surface area contributed by atoms with E-state index in [1.807, 2.05) is 25.1 Å². The van der Waals surface area contributed by atoms with E-state index in [1.54, 1.807) is 6.07 Å². The maximum absolute atomic E-state index is 13.6. The van der Waals surface area contributed by atoms with Crippen LogP contribution in [0.25, 0.3) is 10.1 Å². The first-order valence-corrected chi connectivity index (χ1v) is 8.82. The molecule has 122 valence electrons. The quantitative estimate of drug-likeness (QED) is 0.376. The van der Waals surface area contributed by atoms with Gasteiger partial charge in [-0.25, -0.2) is 0 Å². The van der Waals surface area contributed by atoms with E-state index in [0.29, 0.717) is 9.58 Å². The van der Waals surface area contributed by atoms with Crippen LogP contribution < -0.4 is 0 Å². The Balaban J connectivity index is 0.00000176. The molecule has 1 aromatic carbocycles. The third-order valence-corrected chi connectivity index (χ3v) is 6.59. The number of fused-ring (bicyclic) bond motifs is 1. The van der Waals surface area contributed by atoms with Crippen LogP contribution in [0.15, 0.2) is 24.3 Å². The summed E-state index contributed by atoms with van der Waals surface area (Å²) in [6.45, 7) is 1.86. The van der Waals surface area contributed by atoms with Crippen LogP contribution >= 0.6 is 22.9 Å². The second-order valence-electron chi connectivity index (χ2n) is 6.03. The van der Waals surface area contributed by atoms with Crippen molar-refractivity contribution in [3.8, 4) is 0 Å². The second kappa shape index (κ2) is 6.79. The molecule has 1 heterocycles. The van der Waals surface area contributed by atoms with Crippen molar-refractivity contribution in [2.24, 2.45) is 0 Å². The molecule has 0 spiro atoms. The SMILES string of the molecule is Cc1ccc2cc(C3CCCCCC3)[s+](C(F)(F)F)c2c1.Cl. The summed E-state index contributed by atoms with van der Waals surface area (Å²) in [7, 11) is -1.71. The maximum atomic E-state index is 13.6. The molecule has 1 atom stereocenters. The Kier molecular flexibility index (Phi) is 5.44. The molecule has 1 fully saturated rings. The first kappa shape index (κ1) is 17.6. The highest BCUT2D eigenvalue weighted by Crippen LogP contribution is 2.54. The number of hydrogen-bond acceptors (Lipinski definition) is 0. The number of alkyl halides is 3. The van der Waals surface area contributed by atoms with Crippen LogP contribution in [0.5, 0.6) is 0 Å². The largest absolute Gasteiger partial charge is 0.600 e. The van der Waals surface area contributed by atoms with Gasteiger partial charge in [-0.1, -0.05) is 31.7 Å². The smallest absolute Gasteiger partial charge is 0.147 e. The summed E-state index contributed by atoms with van der Waals surface area (Å²) in [6.07, 6.45) is 6.28. The fraction of sp³-hybridized carbons (Fsp3) is 0.529. The number of halogens is 4. The van der Waals surface area contributed by atoms with E-state index in [2.05, 4.69) is 0 Å². The van der Waals surface area contributed by atoms with Crippen LogP contribution in [0.3, 0.4) is 0 Å². The minimum Gasteiger partial charge on any atom is -0.147 e. The lowest BCUT2D eigenvalue weighted by Gasteiger charge is -2.10. The van der Waals surface area contributed by atoms with Gasteiger partial charge in [-0.3, -0.25) is 0 Å². The predicted molar refractivity (Wildman–Crippen MR) is 90.2 cm³/mol. The number of benzene rings is 1. The average molecular weight is 350 g/mol. The highest BCUT2D eigenvalue weighted by molar-refractivity contribution is 7.38. The average Bonchev–Trinajstić information content (AvgIpc) is 2.59. The molecule has 0 aliphatic heterocycles. The number of rotatable bonds is 1. The van der Waals surface area contributed by atoms with E-state index < -0.39 is 16.0 Å². The molecule has 0 N–H and O–H groups in total. The van der Waals surface area contributed by atoms with Gasteiger partial charge in [0.05, 0.1) is 10.5 Å². The van der Waals surface area contributed by atoms with Gasteiger partial charge in [0.25, 0.3) is 0 Å². The monoisotopic (exact) mass is 349 g/mol. The van der Waals surface area contributed by atoms with Crippen LogP contribution in [0, 0.1) is 6.92 Å². The minimum absolute atomic E-state index is 0. The minimum atomic E-state index is -4.16. The van der Waals surface area contributed by atoms with Gasteiger partial charge in [0, 0.05) is 23.4 Å². The molecule has 1 unspecified atom stereocenters. The Morgan fingerprint density at radius 3 is 2.23 bits per heavy atom. The van der Waals surface area contributed by atoms with Crippen molar-refractivity contribution in [1.82, 2.24) is 0 Å². The predicted octanol–water partition coefficient (Wildman–Crippen LogP) is 7.23. The zero-order valence-electron chi connectivity index (χ0n) is 12.6. The summed E-state index contributed by atoms with van der Waals surface area (Å²) in [5.41, 5.74) is -3.25. The molecular formula is C17H21ClF3S+. The van der Waals surface area contributed by atoms with Crippen LogP contribution in [0.4, 0.5) is 13.2 Å². The Morgan fingerprint density at radius 1 is 1.00 bits per heavy atom. The molecule has 0 bridgehead atoms. The summed E-state index contributed by atoms with van der Waals surface area (Å²) in [4.78, 5) is 0.644. The topological polar surface area (TPSA) is 0 Å². The maximum Gasteiger partial charge on any atom is 0.600 e. The molecule has 0 amide bonds. The first-order chi connectivity index (χ1) is 9.97. The molecule has 5 heteroatoms. The Morgan fingerprint density at radius 2 is 1.64 bits per heavy atom. The highest BCUT2D eigenvalue weighted by atomic mass is 35.5. The van der Waals surface area contributed by atoms with Gasteiger partial charge in [0.2, 0.25) is 0 Å². The molecule has 0 saturated heterocycles. The standard InChI is InChI=1S/C17H20F3S.ClH/c1-12-8-9-14-11-16(13-6-4-2-3-5-7-13)21(15(14)10-12)17(18,19)20;/h8-11,13H,2-7H2,1H3;1H/q+1;.